The third-order valence-corrected chi connectivity index (χ3v) is 4.45. The summed E-state index contributed by atoms with van der Waals surface area (Å²) in [5.41, 5.74) is -4.43. The largest absolute Gasteiger partial charge is 0.523 e. The van der Waals surface area contributed by atoms with Gasteiger partial charge in [-0.15, -0.1) is 0 Å². The zero-order valence-electron chi connectivity index (χ0n) is 14.5. The highest BCUT2D eigenvalue weighted by Crippen LogP contribution is 2.26. The maximum absolute atomic E-state index is 12.6. The van der Waals surface area contributed by atoms with Gasteiger partial charge in [0.1, 0.15) is 6.61 Å². The molecule has 1 unspecified atom stereocenters. The Hall–Kier alpha value is -2.43. The first-order chi connectivity index (χ1) is 13.2. The van der Waals surface area contributed by atoms with E-state index >= 15 is 0 Å². The molecule has 28 heavy (non-hydrogen) atoms. The zero-order valence-corrected chi connectivity index (χ0v) is 15.3. The fraction of sp³-hybridized carbons (Fsp3) is 0.278. The maximum Gasteiger partial charge on any atom is 0.523 e. The molecular formula is C18H17F3O6S. The molecule has 0 aliphatic heterocycles. The summed E-state index contributed by atoms with van der Waals surface area (Å²) in [7, 11) is -6.00. The van der Waals surface area contributed by atoms with Crippen molar-refractivity contribution in [1.82, 2.24) is 0 Å². The van der Waals surface area contributed by atoms with Gasteiger partial charge in [-0.2, -0.15) is 21.6 Å². The first-order valence-electron chi connectivity index (χ1n) is 8.01. The minimum atomic E-state index is -6.00. The second-order valence-electron chi connectivity index (χ2n) is 5.58. The molecule has 0 bridgehead atoms. The van der Waals surface area contributed by atoms with Crippen molar-refractivity contribution in [2.75, 3.05) is 6.61 Å². The van der Waals surface area contributed by atoms with Crippen LogP contribution in [-0.2, 0) is 41.8 Å². The number of halogens is 3. The molecule has 10 heteroatoms. The van der Waals surface area contributed by atoms with Crippen LogP contribution in [0.3, 0.4) is 0 Å². The lowest BCUT2D eigenvalue weighted by Crippen LogP contribution is -2.38. The highest BCUT2D eigenvalue weighted by Gasteiger charge is 2.49. The number of hydrogen-bond acceptors (Lipinski definition) is 6. The van der Waals surface area contributed by atoms with E-state index in [9.17, 15) is 26.4 Å². The van der Waals surface area contributed by atoms with E-state index in [0.29, 0.717) is 11.1 Å². The number of benzene rings is 2. The van der Waals surface area contributed by atoms with Crippen LogP contribution in [0, 0.1) is 0 Å². The van der Waals surface area contributed by atoms with Crippen LogP contribution in [0.1, 0.15) is 11.1 Å². The van der Waals surface area contributed by atoms with Gasteiger partial charge in [-0.25, -0.2) is 8.98 Å². The highest BCUT2D eigenvalue weighted by atomic mass is 32.2. The predicted octanol–water partition coefficient (Wildman–Crippen LogP) is 3.18. The summed E-state index contributed by atoms with van der Waals surface area (Å²) >= 11 is 0. The molecule has 0 heterocycles. The first kappa shape index (κ1) is 21.9. The van der Waals surface area contributed by atoms with E-state index in [2.05, 4.69) is 4.18 Å². The molecule has 0 amide bonds. The van der Waals surface area contributed by atoms with Gasteiger partial charge in [0.15, 0.2) is 6.10 Å². The van der Waals surface area contributed by atoms with Gasteiger partial charge in [-0.05, 0) is 11.1 Å². The van der Waals surface area contributed by atoms with Crippen molar-refractivity contribution in [3.05, 3.63) is 71.8 Å². The number of esters is 1. The SMILES string of the molecule is O=C(OCc1ccccc1)C(COCc1ccccc1)OS(=O)(=O)C(F)(F)F. The van der Waals surface area contributed by atoms with E-state index in [-0.39, 0.29) is 13.2 Å². The van der Waals surface area contributed by atoms with E-state index in [1.54, 1.807) is 60.7 Å². The predicted molar refractivity (Wildman–Crippen MR) is 92.2 cm³/mol. The molecule has 0 aliphatic carbocycles. The minimum absolute atomic E-state index is 0.0568. The molecule has 1 atom stereocenters. The summed E-state index contributed by atoms with van der Waals surface area (Å²) in [5, 5.41) is 0. The second-order valence-corrected chi connectivity index (χ2v) is 7.14. The number of hydrogen-bond donors (Lipinski definition) is 0. The molecular weight excluding hydrogens is 401 g/mol. The topological polar surface area (TPSA) is 78.9 Å². The Kier molecular flexibility index (Phi) is 7.55. The van der Waals surface area contributed by atoms with E-state index in [1.807, 2.05) is 0 Å². The number of rotatable bonds is 9. The molecule has 0 spiro atoms. The monoisotopic (exact) mass is 418 g/mol. The normalized spacial score (nSPS) is 13.1. The summed E-state index contributed by atoms with van der Waals surface area (Å²) in [6.07, 6.45) is -2.10. The Bertz CT molecular complexity index is 854. The fourth-order valence-electron chi connectivity index (χ4n) is 2.02. The molecule has 2 aromatic rings. The molecule has 2 aromatic carbocycles. The quantitative estimate of drug-likeness (QED) is 0.354. The Labute approximate surface area is 160 Å². The van der Waals surface area contributed by atoms with Crippen LogP contribution >= 0.6 is 0 Å². The van der Waals surface area contributed by atoms with Crippen molar-refractivity contribution in [1.29, 1.82) is 0 Å². The number of ether oxygens (including phenoxy) is 2. The maximum atomic E-state index is 12.6. The van der Waals surface area contributed by atoms with Crippen LogP contribution in [-0.4, -0.2) is 32.6 Å². The van der Waals surface area contributed by atoms with Gasteiger partial charge >= 0.3 is 21.6 Å². The van der Waals surface area contributed by atoms with Crippen LogP contribution in [0.4, 0.5) is 13.2 Å². The van der Waals surface area contributed by atoms with Gasteiger partial charge in [0, 0.05) is 0 Å². The zero-order chi connectivity index (χ0) is 20.6. The number of carbonyl (C=O) groups excluding carboxylic acids is 1. The minimum Gasteiger partial charge on any atom is -0.459 e. The summed E-state index contributed by atoms with van der Waals surface area (Å²) < 4.78 is 74.4. The van der Waals surface area contributed by atoms with Gasteiger partial charge in [-0.3, -0.25) is 0 Å². The van der Waals surface area contributed by atoms with Crippen molar-refractivity contribution >= 4 is 16.1 Å². The van der Waals surface area contributed by atoms with Crippen LogP contribution in [0.15, 0.2) is 60.7 Å². The van der Waals surface area contributed by atoms with Gasteiger partial charge < -0.3 is 9.47 Å². The highest BCUT2D eigenvalue weighted by molar-refractivity contribution is 7.87. The van der Waals surface area contributed by atoms with Gasteiger partial charge in [0.05, 0.1) is 13.2 Å². The van der Waals surface area contributed by atoms with Crippen LogP contribution in [0.5, 0.6) is 0 Å². The molecule has 6 nitrogen and oxygen atoms in total. The molecule has 0 saturated heterocycles. The molecule has 0 aromatic heterocycles. The average Bonchev–Trinajstić information content (AvgIpc) is 2.66. The summed E-state index contributed by atoms with van der Waals surface area (Å²) in [6.45, 7) is -1.05. The third kappa shape index (κ3) is 6.63. The van der Waals surface area contributed by atoms with E-state index in [1.165, 1.54) is 0 Å². The molecule has 0 N–H and O–H groups in total. The van der Waals surface area contributed by atoms with Gasteiger partial charge in [0.2, 0.25) is 0 Å². The number of alkyl halides is 3. The van der Waals surface area contributed by atoms with Crippen molar-refractivity contribution in [3.8, 4) is 0 Å². The first-order valence-corrected chi connectivity index (χ1v) is 9.41. The van der Waals surface area contributed by atoms with Crippen molar-refractivity contribution < 1.29 is 40.0 Å². The molecule has 0 fully saturated rings. The lowest BCUT2D eigenvalue weighted by atomic mass is 10.2. The lowest BCUT2D eigenvalue weighted by Gasteiger charge is -2.18. The van der Waals surface area contributed by atoms with Crippen molar-refractivity contribution in [3.63, 3.8) is 0 Å². The van der Waals surface area contributed by atoms with E-state index in [0.717, 1.165) is 0 Å². The van der Waals surface area contributed by atoms with Gasteiger partial charge in [-0.1, -0.05) is 60.7 Å². The van der Waals surface area contributed by atoms with Crippen molar-refractivity contribution in [2.45, 2.75) is 24.8 Å². The van der Waals surface area contributed by atoms with Crippen molar-refractivity contribution in [2.24, 2.45) is 0 Å². The van der Waals surface area contributed by atoms with E-state index < -0.39 is 34.3 Å². The second kappa shape index (κ2) is 9.67. The lowest BCUT2D eigenvalue weighted by molar-refractivity contribution is -0.157. The van der Waals surface area contributed by atoms with Gasteiger partial charge in [0.25, 0.3) is 0 Å². The smallest absolute Gasteiger partial charge is 0.459 e. The van der Waals surface area contributed by atoms with Crippen LogP contribution in [0.2, 0.25) is 0 Å². The van der Waals surface area contributed by atoms with E-state index in [4.69, 9.17) is 9.47 Å². The summed E-state index contributed by atoms with van der Waals surface area (Å²) in [5.74, 6) is -1.29. The van der Waals surface area contributed by atoms with Crippen LogP contribution in [0.25, 0.3) is 0 Å². The van der Waals surface area contributed by atoms with Crippen LogP contribution < -0.4 is 0 Å². The fourth-order valence-corrected chi connectivity index (χ4v) is 2.57. The molecule has 0 saturated carbocycles. The Balaban J connectivity index is 2.02. The molecule has 2 rings (SSSR count). The Morgan fingerprint density at radius 1 is 0.893 bits per heavy atom. The summed E-state index contributed by atoms with van der Waals surface area (Å²) in [4.78, 5) is 12.1. The standard InChI is InChI=1S/C18H17F3O6S/c19-18(20,21)28(23,24)27-16(13-25-11-14-7-3-1-4-8-14)17(22)26-12-15-9-5-2-6-10-15/h1-10,16H,11-13H2. The average molecular weight is 418 g/mol. The molecule has 152 valence electrons. The Morgan fingerprint density at radius 2 is 1.39 bits per heavy atom. The third-order valence-electron chi connectivity index (χ3n) is 3.39. The molecule has 0 radical (unpaired) electrons. The Morgan fingerprint density at radius 3 is 1.89 bits per heavy atom. The molecule has 0 aliphatic rings. The summed E-state index contributed by atoms with van der Waals surface area (Å²) in [6, 6.07) is 16.9. The number of carbonyl (C=O) groups is 1.